The zero-order chi connectivity index (χ0) is 31.7. The summed E-state index contributed by atoms with van der Waals surface area (Å²) < 4.78 is 19.7. The van der Waals surface area contributed by atoms with Gasteiger partial charge >= 0.3 is 24.4 Å². The van der Waals surface area contributed by atoms with Crippen molar-refractivity contribution in [2.24, 2.45) is 0 Å². The van der Waals surface area contributed by atoms with Crippen molar-refractivity contribution in [3.05, 3.63) is 109 Å². The van der Waals surface area contributed by atoms with Gasteiger partial charge in [-0.05, 0) is 55.5 Å². The Morgan fingerprint density at radius 3 is 1.68 bits per heavy atom. The largest absolute Gasteiger partial charge is 0.453 e. The molecule has 12 heteroatoms. The van der Waals surface area contributed by atoms with Gasteiger partial charge in [0, 0.05) is 41.9 Å². The molecule has 0 fully saturated rings. The highest BCUT2D eigenvalue weighted by molar-refractivity contribution is 5.89. The van der Waals surface area contributed by atoms with Crippen molar-refractivity contribution >= 4 is 47.1 Å². The summed E-state index contributed by atoms with van der Waals surface area (Å²) in [7, 11) is 2.89. The van der Waals surface area contributed by atoms with Gasteiger partial charge in [-0.3, -0.25) is 20.9 Å². The first-order valence-corrected chi connectivity index (χ1v) is 13.3. The number of amides is 4. The van der Waals surface area contributed by atoms with Gasteiger partial charge in [0.15, 0.2) is 0 Å². The first-order valence-electron chi connectivity index (χ1n) is 13.3. The molecule has 0 atom stereocenters. The lowest BCUT2D eigenvalue weighted by Gasteiger charge is -2.17. The number of carbonyl (C=O) groups is 4. The highest BCUT2D eigenvalue weighted by Crippen LogP contribution is 2.20. The molecule has 44 heavy (non-hydrogen) atoms. The van der Waals surface area contributed by atoms with Gasteiger partial charge in [-0.15, -0.1) is 0 Å². The van der Waals surface area contributed by atoms with Crippen LogP contribution in [0.25, 0.3) is 0 Å². The van der Waals surface area contributed by atoms with Crippen LogP contribution in [0.4, 0.5) is 41.9 Å². The summed E-state index contributed by atoms with van der Waals surface area (Å²) in [5.74, 6) is 0.629. The van der Waals surface area contributed by atoms with Crippen molar-refractivity contribution < 1.29 is 38.1 Å². The van der Waals surface area contributed by atoms with E-state index in [1.165, 1.54) is 24.1 Å². The van der Waals surface area contributed by atoms with Crippen molar-refractivity contribution in [2.45, 2.75) is 6.92 Å². The molecule has 12 nitrogen and oxygen atoms in total. The molecule has 0 aliphatic carbocycles. The van der Waals surface area contributed by atoms with E-state index >= 15 is 0 Å². The van der Waals surface area contributed by atoms with Gasteiger partial charge in [-0.1, -0.05) is 48.5 Å². The van der Waals surface area contributed by atoms with E-state index in [2.05, 4.69) is 20.7 Å². The van der Waals surface area contributed by atoms with Crippen LogP contribution in [0.3, 0.4) is 0 Å². The van der Waals surface area contributed by atoms with Gasteiger partial charge in [0.25, 0.3) is 0 Å². The Kier molecular flexibility index (Phi) is 12.6. The van der Waals surface area contributed by atoms with E-state index in [-0.39, 0.29) is 6.61 Å². The maximum atomic E-state index is 12.1. The summed E-state index contributed by atoms with van der Waals surface area (Å²) in [6, 6.07) is 31.0. The third-order valence-corrected chi connectivity index (χ3v) is 5.47. The Bertz CT molecular complexity index is 1530. The van der Waals surface area contributed by atoms with Crippen molar-refractivity contribution in [1.82, 2.24) is 0 Å². The number of hydrogen-bond acceptors (Lipinski definition) is 8. The summed E-state index contributed by atoms with van der Waals surface area (Å²) in [5.41, 5.74) is 2.30. The zero-order valence-corrected chi connectivity index (χ0v) is 24.3. The van der Waals surface area contributed by atoms with E-state index in [1.807, 2.05) is 24.3 Å². The molecule has 0 saturated heterocycles. The summed E-state index contributed by atoms with van der Waals surface area (Å²) in [4.78, 5) is 47.7. The molecule has 0 bridgehead atoms. The van der Waals surface area contributed by atoms with Crippen LogP contribution in [0.1, 0.15) is 6.92 Å². The van der Waals surface area contributed by atoms with Crippen LogP contribution in [0, 0.1) is 0 Å². The molecular formula is C32H32N4O8. The van der Waals surface area contributed by atoms with Crippen molar-refractivity contribution in [1.29, 1.82) is 0 Å². The predicted molar refractivity (Wildman–Crippen MR) is 167 cm³/mol. The number of hydrogen-bond donors (Lipinski definition) is 3. The van der Waals surface area contributed by atoms with Crippen LogP contribution in [0.5, 0.6) is 11.5 Å². The molecule has 0 spiro atoms. The van der Waals surface area contributed by atoms with Gasteiger partial charge < -0.3 is 18.9 Å². The number of anilines is 4. The van der Waals surface area contributed by atoms with Crippen molar-refractivity contribution in [2.75, 3.05) is 41.6 Å². The smallest absolute Gasteiger partial charge is 0.419 e. The van der Waals surface area contributed by atoms with Crippen molar-refractivity contribution in [3.63, 3.8) is 0 Å². The lowest BCUT2D eigenvalue weighted by molar-refractivity contribution is 0.168. The molecule has 0 radical (unpaired) electrons. The molecule has 4 amide bonds. The van der Waals surface area contributed by atoms with Crippen LogP contribution in [-0.4, -0.2) is 45.1 Å². The Hall–Kier alpha value is -6.04. The van der Waals surface area contributed by atoms with Crippen LogP contribution in [0.2, 0.25) is 0 Å². The van der Waals surface area contributed by atoms with Gasteiger partial charge in [-0.25, -0.2) is 19.2 Å². The molecular weight excluding hydrogens is 568 g/mol. The van der Waals surface area contributed by atoms with E-state index in [4.69, 9.17) is 14.2 Å². The highest BCUT2D eigenvalue weighted by Gasteiger charge is 2.13. The van der Waals surface area contributed by atoms with E-state index in [9.17, 15) is 19.2 Å². The minimum Gasteiger partial charge on any atom is -0.453 e. The summed E-state index contributed by atoms with van der Waals surface area (Å²) in [6.07, 6.45) is -2.29. The second kappa shape index (κ2) is 17.0. The molecule has 3 N–H and O–H groups in total. The molecule has 4 aromatic carbocycles. The normalized spacial score (nSPS) is 9.70. The maximum absolute atomic E-state index is 12.1. The standard InChI is InChI=1S/2C16H16N2O4/c1-18(13-8-4-3-5-9-13)16(20)22-14-10-6-7-12(11-14)17-15(19)21-2;1-2-21-15(19)18-13-9-6-10-14(11-13)22-16(20)17-12-7-4-3-5-8-12/h3-11H,1-2H3,(H,17,19);3-11H,2H2,1H3,(H,17,20)(H,18,19). The molecule has 0 saturated carbocycles. The fraction of sp³-hybridized carbons (Fsp3) is 0.125. The first kappa shape index (κ1) is 32.5. The summed E-state index contributed by atoms with van der Waals surface area (Å²) in [6.45, 7) is 1.99. The molecule has 0 aliphatic rings. The number of nitrogens with one attached hydrogen (secondary N) is 3. The highest BCUT2D eigenvalue weighted by atomic mass is 16.6. The third kappa shape index (κ3) is 11.1. The second-order valence-electron chi connectivity index (χ2n) is 8.66. The number of para-hydroxylation sites is 2. The number of methoxy groups -OCH3 is 1. The molecule has 0 aromatic heterocycles. The van der Waals surface area contributed by atoms with Gasteiger partial charge in [0.1, 0.15) is 11.5 Å². The number of nitrogens with zero attached hydrogens (tertiary/aromatic N) is 1. The van der Waals surface area contributed by atoms with E-state index in [0.29, 0.717) is 28.6 Å². The Labute approximate surface area is 254 Å². The Morgan fingerprint density at radius 2 is 1.11 bits per heavy atom. The Balaban J connectivity index is 0.000000240. The Morgan fingerprint density at radius 1 is 0.614 bits per heavy atom. The average Bonchev–Trinajstić information content (AvgIpc) is 3.02. The monoisotopic (exact) mass is 600 g/mol. The SMILES string of the molecule is CCOC(=O)Nc1cccc(OC(=O)Nc2ccccc2)c1.COC(=O)Nc1cccc(OC(=O)N(C)c2ccccc2)c1. The molecule has 0 unspecified atom stereocenters. The predicted octanol–water partition coefficient (Wildman–Crippen LogP) is 7.37. The molecule has 4 rings (SSSR count). The number of ether oxygens (including phenoxy) is 4. The fourth-order valence-electron chi connectivity index (χ4n) is 3.43. The van der Waals surface area contributed by atoms with Crippen LogP contribution in [0.15, 0.2) is 109 Å². The van der Waals surface area contributed by atoms with Crippen LogP contribution >= 0.6 is 0 Å². The first-order chi connectivity index (χ1) is 21.3. The van der Waals surface area contributed by atoms with Crippen LogP contribution < -0.4 is 30.3 Å². The fourth-order valence-corrected chi connectivity index (χ4v) is 3.43. The summed E-state index contributed by atoms with van der Waals surface area (Å²) in [5, 5.41) is 7.63. The molecule has 0 aliphatic heterocycles. The van der Waals surface area contributed by atoms with Gasteiger partial charge in [0.2, 0.25) is 0 Å². The lowest BCUT2D eigenvalue weighted by Crippen LogP contribution is -2.29. The topological polar surface area (TPSA) is 145 Å². The van der Waals surface area contributed by atoms with Crippen LogP contribution in [-0.2, 0) is 9.47 Å². The molecule has 0 heterocycles. The lowest BCUT2D eigenvalue weighted by atomic mass is 10.3. The quantitative estimate of drug-likeness (QED) is 0.199. The minimum atomic E-state index is -0.612. The van der Waals surface area contributed by atoms with Gasteiger partial charge in [-0.2, -0.15) is 0 Å². The number of rotatable bonds is 7. The zero-order valence-electron chi connectivity index (χ0n) is 24.3. The molecule has 4 aromatic rings. The third-order valence-electron chi connectivity index (χ3n) is 5.47. The van der Waals surface area contributed by atoms with Crippen molar-refractivity contribution in [3.8, 4) is 11.5 Å². The van der Waals surface area contributed by atoms with E-state index in [0.717, 1.165) is 5.69 Å². The second-order valence-corrected chi connectivity index (χ2v) is 8.66. The summed E-state index contributed by atoms with van der Waals surface area (Å²) >= 11 is 0. The maximum Gasteiger partial charge on any atom is 0.419 e. The minimum absolute atomic E-state index is 0.279. The number of benzene rings is 4. The number of carbonyl (C=O) groups excluding carboxylic acids is 4. The average molecular weight is 601 g/mol. The van der Waals surface area contributed by atoms with E-state index in [1.54, 1.807) is 86.8 Å². The molecule has 228 valence electrons. The van der Waals surface area contributed by atoms with E-state index < -0.39 is 24.4 Å². The van der Waals surface area contributed by atoms with Gasteiger partial charge in [0.05, 0.1) is 13.7 Å².